The monoisotopic (exact) mass is 550 g/mol. The maximum Gasteiger partial charge on any atom is 0.306 e. The van der Waals surface area contributed by atoms with Crippen molar-refractivity contribution < 1.29 is 29.0 Å². The molecule has 39 heavy (non-hydrogen) atoms. The molecule has 0 aliphatic heterocycles. The van der Waals surface area contributed by atoms with Crippen molar-refractivity contribution in [3.63, 3.8) is 0 Å². The van der Waals surface area contributed by atoms with Crippen LogP contribution in [0.2, 0.25) is 0 Å². The molecule has 0 unspecified atom stereocenters. The highest BCUT2D eigenvalue weighted by Crippen LogP contribution is 2.12. The topological polar surface area (TPSA) is 89.9 Å². The zero-order valence-corrected chi connectivity index (χ0v) is 25.1. The number of aliphatic hydroxyl groups excluding tert-OH is 1. The van der Waals surface area contributed by atoms with Crippen LogP contribution in [0.15, 0.2) is 24.3 Å². The maximum absolute atomic E-state index is 12.0. The summed E-state index contributed by atoms with van der Waals surface area (Å²) in [6, 6.07) is 0. The average molecular weight is 551 g/mol. The van der Waals surface area contributed by atoms with E-state index < -0.39 is 6.10 Å². The summed E-state index contributed by atoms with van der Waals surface area (Å²) in [4.78, 5) is 35.6. The van der Waals surface area contributed by atoms with E-state index in [4.69, 9.17) is 9.47 Å². The van der Waals surface area contributed by atoms with E-state index in [1.165, 1.54) is 38.5 Å². The van der Waals surface area contributed by atoms with Gasteiger partial charge in [0.05, 0.1) is 6.61 Å². The molecule has 0 aliphatic carbocycles. The number of carbonyl (C=O) groups excluding carboxylic acids is 3. The minimum absolute atomic E-state index is 0.0933. The van der Waals surface area contributed by atoms with Crippen LogP contribution in [0.1, 0.15) is 149 Å². The van der Waals surface area contributed by atoms with Crippen molar-refractivity contribution >= 4 is 17.7 Å². The highest BCUT2D eigenvalue weighted by atomic mass is 16.6. The number of aliphatic hydroxyl groups is 1. The van der Waals surface area contributed by atoms with Crippen molar-refractivity contribution in [2.45, 2.75) is 155 Å². The van der Waals surface area contributed by atoms with Gasteiger partial charge in [-0.25, -0.2) is 0 Å². The summed E-state index contributed by atoms with van der Waals surface area (Å²) in [5.41, 5.74) is 0. The lowest BCUT2D eigenvalue weighted by molar-refractivity contribution is -0.161. The van der Waals surface area contributed by atoms with Crippen LogP contribution in [0.4, 0.5) is 0 Å². The van der Waals surface area contributed by atoms with Gasteiger partial charge >= 0.3 is 11.9 Å². The van der Waals surface area contributed by atoms with Crippen LogP contribution in [-0.2, 0) is 23.9 Å². The van der Waals surface area contributed by atoms with E-state index in [0.29, 0.717) is 19.3 Å². The second-order valence-electron chi connectivity index (χ2n) is 10.6. The zero-order valence-electron chi connectivity index (χ0n) is 25.1. The lowest BCUT2D eigenvalue weighted by Gasteiger charge is -2.15. The molecule has 0 aliphatic rings. The summed E-state index contributed by atoms with van der Waals surface area (Å²) >= 11 is 0. The Kier molecular flexibility index (Phi) is 27.6. The first kappa shape index (κ1) is 37.0. The average Bonchev–Trinajstić information content (AvgIpc) is 2.93. The molecule has 6 heteroatoms. The maximum atomic E-state index is 12.0. The van der Waals surface area contributed by atoms with Gasteiger partial charge in [-0.05, 0) is 38.2 Å². The van der Waals surface area contributed by atoms with E-state index in [0.717, 1.165) is 77.0 Å². The normalized spacial score (nSPS) is 12.3. The number of hydrogen-bond donors (Lipinski definition) is 1. The molecule has 1 atom stereocenters. The van der Waals surface area contributed by atoms with Crippen molar-refractivity contribution in [3.8, 4) is 0 Å². The Bertz CT molecular complexity index is 655. The molecule has 0 bridgehead atoms. The Morgan fingerprint density at radius 1 is 0.641 bits per heavy atom. The van der Waals surface area contributed by atoms with Crippen molar-refractivity contribution in [2.24, 2.45) is 0 Å². The lowest BCUT2D eigenvalue weighted by Crippen LogP contribution is -2.28. The predicted octanol–water partition coefficient (Wildman–Crippen LogP) is 8.35. The van der Waals surface area contributed by atoms with E-state index in [1.807, 2.05) is 12.2 Å². The minimum atomic E-state index is -0.790. The van der Waals surface area contributed by atoms with Crippen molar-refractivity contribution in [1.82, 2.24) is 0 Å². The fourth-order valence-corrected chi connectivity index (χ4v) is 4.24. The van der Waals surface area contributed by atoms with Crippen LogP contribution < -0.4 is 0 Å². The third-order valence-corrected chi connectivity index (χ3v) is 6.72. The molecule has 0 fully saturated rings. The first-order valence-corrected chi connectivity index (χ1v) is 15.8. The molecule has 0 aromatic heterocycles. The fraction of sp³-hybridized carbons (Fsp3) is 0.788. The summed E-state index contributed by atoms with van der Waals surface area (Å²) in [6.45, 7) is 3.91. The summed E-state index contributed by atoms with van der Waals surface area (Å²) in [7, 11) is 0. The smallest absolute Gasteiger partial charge is 0.306 e. The first-order valence-electron chi connectivity index (χ1n) is 15.8. The molecule has 226 valence electrons. The Morgan fingerprint density at radius 2 is 1.15 bits per heavy atom. The SMILES string of the molecule is CCCCCCCCCCCC(=O)O[C@@H](CO)COC(=O)CCCCCCC/C=C\C=C\C(=O)CCCCC. The Balaban J connectivity index is 3.68. The van der Waals surface area contributed by atoms with Gasteiger partial charge in [0, 0.05) is 19.3 Å². The van der Waals surface area contributed by atoms with Gasteiger partial charge in [-0.2, -0.15) is 0 Å². The molecule has 0 amide bonds. The molecule has 1 N–H and O–H groups in total. The van der Waals surface area contributed by atoms with Crippen LogP contribution in [0.25, 0.3) is 0 Å². The van der Waals surface area contributed by atoms with E-state index in [2.05, 4.69) is 19.9 Å². The molecule has 0 saturated heterocycles. The van der Waals surface area contributed by atoms with Gasteiger partial charge in [-0.3, -0.25) is 14.4 Å². The van der Waals surface area contributed by atoms with E-state index in [9.17, 15) is 19.5 Å². The van der Waals surface area contributed by atoms with Crippen LogP contribution in [-0.4, -0.2) is 42.1 Å². The first-order chi connectivity index (χ1) is 19.0. The molecule has 0 rings (SSSR count). The molecule has 0 spiro atoms. The van der Waals surface area contributed by atoms with E-state index >= 15 is 0 Å². The number of carbonyl (C=O) groups is 3. The minimum Gasteiger partial charge on any atom is -0.462 e. The van der Waals surface area contributed by atoms with Crippen molar-refractivity contribution in [3.05, 3.63) is 24.3 Å². The Labute approximate surface area is 239 Å². The Morgan fingerprint density at radius 3 is 1.77 bits per heavy atom. The summed E-state index contributed by atoms with van der Waals surface area (Å²) in [5.74, 6) is -0.457. The highest BCUT2D eigenvalue weighted by Gasteiger charge is 2.16. The van der Waals surface area contributed by atoms with Gasteiger partial charge in [-0.15, -0.1) is 0 Å². The number of rotatable bonds is 28. The molecule has 6 nitrogen and oxygen atoms in total. The second-order valence-corrected chi connectivity index (χ2v) is 10.6. The molecular formula is C33H58O6. The fourth-order valence-electron chi connectivity index (χ4n) is 4.24. The number of allylic oxidation sites excluding steroid dienone is 4. The van der Waals surface area contributed by atoms with Gasteiger partial charge in [0.1, 0.15) is 6.61 Å². The molecule has 0 aromatic rings. The van der Waals surface area contributed by atoms with Crippen molar-refractivity contribution in [1.29, 1.82) is 0 Å². The predicted molar refractivity (Wildman–Crippen MR) is 160 cm³/mol. The van der Waals surface area contributed by atoms with Crippen molar-refractivity contribution in [2.75, 3.05) is 13.2 Å². The van der Waals surface area contributed by atoms with Crippen LogP contribution in [0.3, 0.4) is 0 Å². The largest absolute Gasteiger partial charge is 0.462 e. The lowest BCUT2D eigenvalue weighted by atomic mass is 10.1. The van der Waals surface area contributed by atoms with Gasteiger partial charge in [0.2, 0.25) is 0 Å². The Hall–Kier alpha value is -1.95. The number of ether oxygens (including phenoxy) is 2. The van der Waals surface area contributed by atoms with Crippen LogP contribution in [0, 0.1) is 0 Å². The summed E-state index contributed by atoms with van der Waals surface area (Å²) < 4.78 is 10.5. The van der Waals surface area contributed by atoms with Crippen LogP contribution in [0.5, 0.6) is 0 Å². The number of unbranched alkanes of at least 4 members (excludes halogenated alkanes) is 15. The van der Waals surface area contributed by atoms with Gasteiger partial charge in [-0.1, -0.05) is 116 Å². The number of ketones is 1. The summed E-state index contributed by atoms with van der Waals surface area (Å²) in [6.07, 6.45) is 27.8. The molecule has 0 aromatic carbocycles. The van der Waals surface area contributed by atoms with Crippen LogP contribution >= 0.6 is 0 Å². The third kappa shape index (κ3) is 27.4. The summed E-state index contributed by atoms with van der Waals surface area (Å²) in [5, 5.41) is 9.45. The number of hydrogen-bond acceptors (Lipinski definition) is 6. The van der Waals surface area contributed by atoms with E-state index in [1.54, 1.807) is 6.08 Å². The standard InChI is InChI=1S/C33H58O6/c1-3-5-7-8-9-11-16-19-23-27-33(37)39-31(28-34)29-38-32(36)26-22-18-15-13-10-12-14-17-21-25-30(35)24-20-6-4-2/h14,17,21,25,31,34H,3-13,15-16,18-20,22-24,26-29H2,1-2H3/b17-14-,25-21+/t31-/m0/s1. The van der Waals surface area contributed by atoms with Gasteiger partial charge in [0.25, 0.3) is 0 Å². The van der Waals surface area contributed by atoms with Gasteiger partial charge < -0.3 is 14.6 Å². The quantitative estimate of drug-likeness (QED) is 0.0456. The number of esters is 2. The molecule has 0 radical (unpaired) electrons. The highest BCUT2D eigenvalue weighted by molar-refractivity contribution is 5.89. The van der Waals surface area contributed by atoms with E-state index in [-0.39, 0.29) is 30.9 Å². The molecular weight excluding hydrogens is 492 g/mol. The molecule has 0 saturated carbocycles. The van der Waals surface area contributed by atoms with Gasteiger partial charge in [0.15, 0.2) is 11.9 Å². The zero-order chi connectivity index (χ0) is 28.8. The molecule has 0 heterocycles. The second kappa shape index (κ2) is 29.0. The third-order valence-electron chi connectivity index (χ3n) is 6.72.